The zero-order valence-corrected chi connectivity index (χ0v) is 10.7. The maximum Gasteiger partial charge on any atom is 0.0443 e. The maximum atomic E-state index is 3.69. The van der Waals surface area contributed by atoms with Crippen molar-refractivity contribution in [1.82, 2.24) is 5.32 Å². The molecule has 0 aromatic heterocycles. The molecule has 2 aliphatic rings. The third kappa shape index (κ3) is 2.19. The highest BCUT2D eigenvalue weighted by Crippen LogP contribution is 2.29. The van der Waals surface area contributed by atoms with Crippen LogP contribution in [0.1, 0.15) is 31.2 Å². The van der Waals surface area contributed by atoms with Gasteiger partial charge in [0.05, 0.1) is 0 Å². The topological polar surface area (TPSA) is 15.3 Å². The van der Waals surface area contributed by atoms with Crippen LogP contribution in [0.5, 0.6) is 0 Å². The second-order valence-electron chi connectivity index (χ2n) is 5.44. The fourth-order valence-electron chi connectivity index (χ4n) is 3.32. The molecule has 1 heterocycles. The molecule has 17 heavy (non-hydrogen) atoms. The monoisotopic (exact) mass is 230 g/mol. The van der Waals surface area contributed by atoms with Gasteiger partial charge < -0.3 is 10.2 Å². The van der Waals surface area contributed by atoms with E-state index in [1.165, 1.54) is 36.9 Å². The van der Waals surface area contributed by atoms with Crippen molar-refractivity contribution in [2.45, 2.75) is 44.7 Å². The number of hydrogen-bond acceptors (Lipinski definition) is 2. The Labute approximate surface area is 104 Å². The molecule has 3 rings (SSSR count). The lowest BCUT2D eigenvalue weighted by atomic mass is 9.87. The standard InChI is InChI=1S/C15H22N2/c1-12-6-8-13(9-7-12)17-11-10-16-14-4-2-3-5-15(14)17/h6-9,14-16H,2-5,10-11H2,1H3/t14-,15+/m1/s1. The molecule has 0 amide bonds. The van der Waals surface area contributed by atoms with Gasteiger partial charge in [0.25, 0.3) is 0 Å². The fraction of sp³-hybridized carbons (Fsp3) is 0.600. The van der Waals surface area contributed by atoms with Gasteiger partial charge >= 0.3 is 0 Å². The average molecular weight is 230 g/mol. The van der Waals surface area contributed by atoms with Crippen LogP contribution in [0.15, 0.2) is 24.3 Å². The van der Waals surface area contributed by atoms with Gasteiger partial charge in [-0.3, -0.25) is 0 Å². The first kappa shape index (κ1) is 11.1. The molecule has 0 radical (unpaired) electrons. The number of aryl methyl sites for hydroxylation is 1. The summed E-state index contributed by atoms with van der Waals surface area (Å²) in [6.07, 6.45) is 5.50. The van der Waals surface area contributed by atoms with E-state index >= 15 is 0 Å². The lowest BCUT2D eigenvalue weighted by Crippen LogP contribution is -2.59. The molecule has 0 bridgehead atoms. The summed E-state index contributed by atoms with van der Waals surface area (Å²) in [5.41, 5.74) is 2.76. The maximum absolute atomic E-state index is 3.69. The summed E-state index contributed by atoms with van der Waals surface area (Å²) in [5, 5.41) is 3.69. The summed E-state index contributed by atoms with van der Waals surface area (Å²) in [7, 11) is 0. The molecule has 1 N–H and O–H groups in total. The highest BCUT2D eigenvalue weighted by molar-refractivity contribution is 5.49. The Kier molecular flexibility index (Phi) is 3.06. The molecular weight excluding hydrogens is 208 g/mol. The predicted molar refractivity (Wildman–Crippen MR) is 72.6 cm³/mol. The van der Waals surface area contributed by atoms with E-state index in [4.69, 9.17) is 0 Å². The van der Waals surface area contributed by atoms with Crippen molar-refractivity contribution in [3.63, 3.8) is 0 Å². The molecule has 1 saturated carbocycles. The normalized spacial score (nSPS) is 28.9. The molecule has 2 heteroatoms. The van der Waals surface area contributed by atoms with Crippen molar-refractivity contribution in [3.05, 3.63) is 29.8 Å². The van der Waals surface area contributed by atoms with Crippen LogP contribution < -0.4 is 10.2 Å². The Morgan fingerprint density at radius 1 is 1.12 bits per heavy atom. The second-order valence-corrected chi connectivity index (χ2v) is 5.44. The number of hydrogen-bond donors (Lipinski definition) is 1. The van der Waals surface area contributed by atoms with Gasteiger partial charge in [0.1, 0.15) is 0 Å². The van der Waals surface area contributed by atoms with Crippen molar-refractivity contribution in [1.29, 1.82) is 0 Å². The van der Waals surface area contributed by atoms with Gasteiger partial charge in [0, 0.05) is 30.9 Å². The molecule has 1 aliphatic carbocycles. The number of fused-ring (bicyclic) bond motifs is 1. The molecule has 2 atom stereocenters. The first-order valence-electron chi connectivity index (χ1n) is 6.91. The minimum absolute atomic E-state index is 0.721. The number of nitrogens with zero attached hydrogens (tertiary/aromatic N) is 1. The van der Waals surface area contributed by atoms with Crippen LogP contribution >= 0.6 is 0 Å². The molecule has 1 saturated heterocycles. The number of piperazine rings is 1. The quantitative estimate of drug-likeness (QED) is 0.798. The molecule has 0 spiro atoms. The highest BCUT2D eigenvalue weighted by atomic mass is 15.2. The van der Waals surface area contributed by atoms with Crippen molar-refractivity contribution in [2.75, 3.05) is 18.0 Å². The van der Waals surface area contributed by atoms with Crippen molar-refractivity contribution in [2.24, 2.45) is 0 Å². The van der Waals surface area contributed by atoms with Crippen molar-refractivity contribution >= 4 is 5.69 Å². The minimum Gasteiger partial charge on any atom is -0.366 e. The van der Waals surface area contributed by atoms with E-state index in [-0.39, 0.29) is 0 Å². The lowest BCUT2D eigenvalue weighted by molar-refractivity contribution is 0.284. The molecule has 2 fully saturated rings. The van der Waals surface area contributed by atoms with Gasteiger partial charge in [-0.2, -0.15) is 0 Å². The summed E-state index contributed by atoms with van der Waals surface area (Å²) < 4.78 is 0. The Morgan fingerprint density at radius 2 is 1.88 bits per heavy atom. The summed E-state index contributed by atoms with van der Waals surface area (Å²) in [4.78, 5) is 2.62. The van der Waals surface area contributed by atoms with E-state index in [1.807, 2.05) is 0 Å². The number of benzene rings is 1. The van der Waals surface area contributed by atoms with E-state index < -0.39 is 0 Å². The van der Waals surface area contributed by atoms with Gasteiger partial charge in [0.15, 0.2) is 0 Å². The first-order chi connectivity index (χ1) is 8.34. The SMILES string of the molecule is Cc1ccc(N2CCN[C@@H]3CCCC[C@@H]32)cc1. The van der Waals surface area contributed by atoms with E-state index in [0.717, 1.165) is 25.2 Å². The minimum atomic E-state index is 0.721. The van der Waals surface area contributed by atoms with Crippen LogP contribution in [0.3, 0.4) is 0 Å². The Morgan fingerprint density at radius 3 is 2.71 bits per heavy atom. The zero-order chi connectivity index (χ0) is 11.7. The Balaban J connectivity index is 1.83. The van der Waals surface area contributed by atoms with Gasteiger partial charge in [-0.15, -0.1) is 0 Å². The van der Waals surface area contributed by atoms with Gasteiger partial charge in [-0.05, 0) is 31.9 Å². The van der Waals surface area contributed by atoms with Gasteiger partial charge in [0.2, 0.25) is 0 Å². The third-order valence-corrected chi connectivity index (χ3v) is 4.25. The molecule has 1 aliphatic heterocycles. The smallest absolute Gasteiger partial charge is 0.0443 e. The fourth-order valence-corrected chi connectivity index (χ4v) is 3.32. The largest absolute Gasteiger partial charge is 0.366 e. The van der Waals surface area contributed by atoms with Crippen LogP contribution in [0.2, 0.25) is 0 Å². The van der Waals surface area contributed by atoms with Gasteiger partial charge in [-0.25, -0.2) is 0 Å². The van der Waals surface area contributed by atoms with Crippen LogP contribution in [0.25, 0.3) is 0 Å². The zero-order valence-electron chi connectivity index (χ0n) is 10.7. The summed E-state index contributed by atoms with van der Waals surface area (Å²) in [6.45, 7) is 4.45. The first-order valence-corrected chi connectivity index (χ1v) is 6.91. The van der Waals surface area contributed by atoms with Crippen molar-refractivity contribution in [3.8, 4) is 0 Å². The molecule has 2 nitrogen and oxygen atoms in total. The van der Waals surface area contributed by atoms with Gasteiger partial charge in [-0.1, -0.05) is 30.5 Å². The summed E-state index contributed by atoms with van der Waals surface area (Å²) >= 11 is 0. The van der Waals surface area contributed by atoms with E-state index in [1.54, 1.807) is 0 Å². The van der Waals surface area contributed by atoms with Crippen LogP contribution in [-0.2, 0) is 0 Å². The van der Waals surface area contributed by atoms with Crippen LogP contribution in [0, 0.1) is 6.92 Å². The molecule has 0 unspecified atom stereocenters. The molecular formula is C15H22N2. The Bertz CT molecular complexity index is 369. The van der Waals surface area contributed by atoms with Crippen LogP contribution in [-0.4, -0.2) is 25.2 Å². The van der Waals surface area contributed by atoms with E-state index in [2.05, 4.69) is 41.4 Å². The summed E-state index contributed by atoms with van der Waals surface area (Å²) in [5.74, 6) is 0. The number of rotatable bonds is 1. The predicted octanol–water partition coefficient (Wildman–Crippen LogP) is 2.72. The van der Waals surface area contributed by atoms with Crippen molar-refractivity contribution < 1.29 is 0 Å². The summed E-state index contributed by atoms with van der Waals surface area (Å²) in [6, 6.07) is 10.5. The Hall–Kier alpha value is -1.02. The number of nitrogens with one attached hydrogen (secondary N) is 1. The molecule has 92 valence electrons. The van der Waals surface area contributed by atoms with E-state index in [9.17, 15) is 0 Å². The average Bonchev–Trinajstić information content (AvgIpc) is 2.39. The molecule has 1 aromatic carbocycles. The van der Waals surface area contributed by atoms with E-state index in [0.29, 0.717) is 0 Å². The third-order valence-electron chi connectivity index (χ3n) is 4.25. The lowest BCUT2D eigenvalue weighted by Gasteiger charge is -2.46. The van der Waals surface area contributed by atoms with Crippen LogP contribution in [0.4, 0.5) is 5.69 Å². The molecule has 1 aromatic rings. The number of anilines is 1. The second kappa shape index (κ2) is 4.69. The highest BCUT2D eigenvalue weighted by Gasteiger charge is 2.32.